The molecule has 1 heterocycles. The fraction of sp³-hybridized carbons (Fsp3) is 0.917. The molecule has 2 atom stereocenters. The maximum atomic E-state index is 10.5. The molecule has 0 aromatic heterocycles. The second kappa shape index (κ2) is 5.69. The lowest BCUT2D eigenvalue weighted by Gasteiger charge is -2.41. The van der Waals surface area contributed by atoms with Gasteiger partial charge in [0.1, 0.15) is 0 Å². The summed E-state index contributed by atoms with van der Waals surface area (Å²) in [6.45, 7) is 1.79. The van der Waals surface area contributed by atoms with E-state index in [1.54, 1.807) is 0 Å². The Bertz CT molecular complexity index is 264. The minimum atomic E-state index is -0.929. The molecule has 1 aliphatic carbocycles. The molecule has 5 heteroatoms. The van der Waals surface area contributed by atoms with Gasteiger partial charge in [0.25, 0.3) is 0 Å². The van der Waals surface area contributed by atoms with Crippen LogP contribution in [0.4, 0.5) is 4.79 Å². The molecule has 98 valence electrons. The number of rotatable bonds is 2. The van der Waals surface area contributed by atoms with Gasteiger partial charge >= 0.3 is 6.09 Å². The lowest BCUT2D eigenvalue weighted by Crippen LogP contribution is -2.52. The first kappa shape index (κ1) is 12.6. The molecule has 0 aromatic carbocycles. The number of carbonyl (C=O) groups is 1. The van der Waals surface area contributed by atoms with Crippen LogP contribution in [0.1, 0.15) is 38.5 Å². The van der Waals surface area contributed by atoms with Crippen LogP contribution in [0, 0.1) is 0 Å². The first-order valence-corrected chi connectivity index (χ1v) is 6.58. The van der Waals surface area contributed by atoms with Gasteiger partial charge in [-0.2, -0.15) is 0 Å². The number of nitrogens with one attached hydrogen (secondary N) is 1. The smallest absolute Gasteiger partial charge is 0.404 e. The van der Waals surface area contributed by atoms with Gasteiger partial charge in [-0.25, -0.2) is 4.79 Å². The maximum Gasteiger partial charge on any atom is 0.404 e. The van der Waals surface area contributed by atoms with E-state index in [1.165, 1.54) is 6.42 Å². The zero-order chi connectivity index (χ0) is 12.3. The minimum Gasteiger partial charge on any atom is -0.465 e. The third-order valence-electron chi connectivity index (χ3n) is 4.02. The van der Waals surface area contributed by atoms with Gasteiger partial charge in [0.15, 0.2) is 0 Å². The maximum absolute atomic E-state index is 10.5. The molecule has 2 fully saturated rings. The zero-order valence-electron chi connectivity index (χ0n) is 10.1. The SMILES string of the molecule is O=C(O)NC1CCN([C@H]2CCCC[C@@H]2O)CC1. The number of aliphatic hydroxyl groups is 1. The Balaban J connectivity index is 1.79. The summed E-state index contributed by atoms with van der Waals surface area (Å²) in [4.78, 5) is 12.9. The standard InChI is InChI=1S/C12H22N2O3/c15-11-4-2-1-3-10(11)14-7-5-9(6-8-14)13-12(16)17/h9-11,13,15H,1-8H2,(H,16,17)/t10-,11-/m0/s1. The summed E-state index contributed by atoms with van der Waals surface area (Å²) >= 11 is 0. The average molecular weight is 242 g/mol. The van der Waals surface area contributed by atoms with Crippen molar-refractivity contribution in [2.75, 3.05) is 13.1 Å². The number of carboxylic acid groups (broad SMARTS) is 1. The molecule has 2 aliphatic rings. The highest BCUT2D eigenvalue weighted by Gasteiger charge is 2.31. The Hall–Kier alpha value is -0.810. The molecule has 1 saturated heterocycles. The number of hydrogen-bond donors (Lipinski definition) is 3. The van der Waals surface area contributed by atoms with E-state index in [-0.39, 0.29) is 12.1 Å². The van der Waals surface area contributed by atoms with E-state index in [4.69, 9.17) is 5.11 Å². The van der Waals surface area contributed by atoms with Gasteiger partial charge in [0.05, 0.1) is 6.10 Å². The molecule has 0 radical (unpaired) electrons. The molecule has 0 bridgehead atoms. The highest BCUT2D eigenvalue weighted by Crippen LogP contribution is 2.25. The van der Waals surface area contributed by atoms with Crippen molar-refractivity contribution in [1.29, 1.82) is 0 Å². The van der Waals surface area contributed by atoms with Crippen LogP contribution in [0.2, 0.25) is 0 Å². The Kier molecular flexibility index (Phi) is 4.23. The van der Waals surface area contributed by atoms with E-state index in [2.05, 4.69) is 10.2 Å². The Morgan fingerprint density at radius 3 is 2.35 bits per heavy atom. The molecule has 5 nitrogen and oxygen atoms in total. The molecule has 2 rings (SSSR count). The lowest BCUT2D eigenvalue weighted by molar-refractivity contribution is 0.00739. The summed E-state index contributed by atoms with van der Waals surface area (Å²) in [5.74, 6) is 0. The quantitative estimate of drug-likeness (QED) is 0.676. The number of amides is 1. The van der Waals surface area contributed by atoms with E-state index in [0.29, 0.717) is 6.04 Å². The number of likely N-dealkylation sites (tertiary alicyclic amines) is 1. The summed E-state index contributed by atoms with van der Waals surface area (Å²) in [7, 11) is 0. The largest absolute Gasteiger partial charge is 0.465 e. The van der Waals surface area contributed by atoms with E-state index < -0.39 is 6.09 Å². The van der Waals surface area contributed by atoms with Crippen molar-refractivity contribution in [2.24, 2.45) is 0 Å². The van der Waals surface area contributed by atoms with E-state index >= 15 is 0 Å². The average Bonchev–Trinajstić information content (AvgIpc) is 2.30. The van der Waals surface area contributed by atoms with Crippen molar-refractivity contribution >= 4 is 6.09 Å². The van der Waals surface area contributed by atoms with Crippen LogP contribution in [0.15, 0.2) is 0 Å². The first-order valence-electron chi connectivity index (χ1n) is 6.58. The molecule has 1 amide bonds. The van der Waals surface area contributed by atoms with Crippen LogP contribution in [0.5, 0.6) is 0 Å². The molecular formula is C12H22N2O3. The highest BCUT2D eigenvalue weighted by molar-refractivity contribution is 5.64. The van der Waals surface area contributed by atoms with Crippen LogP contribution in [0.3, 0.4) is 0 Å². The summed E-state index contributed by atoms with van der Waals surface area (Å²) in [5.41, 5.74) is 0. The molecule has 1 saturated carbocycles. The highest BCUT2D eigenvalue weighted by atomic mass is 16.4. The molecule has 0 unspecified atom stereocenters. The number of nitrogens with zero attached hydrogens (tertiary/aromatic N) is 1. The van der Waals surface area contributed by atoms with Crippen LogP contribution < -0.4 is 5.32 Å². The fourth-order valence-electron chi connectivity index (χ4n) is 3.07. The van der Waals surface area contributed by atoms with Gasteiger partial charge in [0.2, 0.25) is 0 Å². The summed E-state index contributed by atoms with van der Waals surface area (Å²) < 4.78 is 0. The van der Waals surface area contributed by atoms with Crippen molar-refractivity contribution < 1.29 is 15.0 Å². The van der Waals surface area contributed by atoms with Gasteiger partial charge in [0, 0.05) is 25.2 Å². The van der Waals surface area contributed by atoms with Crippen LogP contribution >= 0.6 is 0 Å². The Labute approximate surface area is 102 Å². The number of aliphatic hydroxyl groups excluding tert-OH is 1. The first-order chi connectivity index (χ1) is 8.16. The second-order valence-electron chi connectivity index (χ2n) is 5.18. The van der Waals surface area contributed by atoms with Gasteiger partial charge < -0.3 is 15.5 Å². The lowest BCUT2D eigenvalue weighted by atomic mass is 9.89. The van der Waals surface area contributed by atoms with Crippen molar-refractivity contribution in [3.63, 3.8) is 0 Å². The third kappa shape index (κ3) is 3.33. The zero-order valence-corrected chi connectivity index (χ0v) is 10.1. The van der Waals surface area contributed by atoms with Gasteiger partial charge in [-0.1, -0.05) is 12.8 Å². The minimum absolute atomic E-state index is 0.0875. The summed E-state index contributed by atoms with van der Waals surface area (Å²) in [6.07, 6.45) is 4.93. The van der Waals surface area contributed by atoms with Crippen LogP contribution in [0.25, 0.3) is 0 Å². The topological polar surface area (TPSA) is 72.8 Å². The predicted octanol–water partition coefficient (Wildman–Crippen LogP) is 1.02. The molecule has 0 aromatic rings. The Morgan fingerprint density at radius 1 is 1.12 bits per heavy atom. The molecule has 0 spiro atoms. The van der Waals surface area contributed by atoms with Crippen LogP contribution in [-0.2, 0) is 0 Å². The van der Waals surface area contributed by atoms with Crippen molar-refractivity contribution in [3.8, 4) is 0 Å². The normalized spacial score (nSPS) is 32.3. The number of piperidine rings is 1. The summed E-state index contributed by atoms with van der Waals surface area (Å²) in [5, 5.41) is 21.2. The van der Waals surface area contributed by atoms with E-state index in [1.807, 2.05) is 0 Å². The third-order valence-corrected chi connectivity index (χ3v) is 4.02. The van der Waals surface area contributed by atoms with Gasteiger partial charge in [-0.3, -0.25) is 4.90 Å². The summed E-state index contributed by atoms with van der Waals surface area (Å²) in [6, 6.07) is 0.388. The van der Waals surface area contributed by atoms with Gasteiger partial charge in [-0.15, -0.1) is 0 Å². The monoisotopic (exact) mass is 242 g/mol. The van der Waals surface area contributed by atoms with Gasteiger partial charge in [-0.05, 0) is 25.7 Å². The molecule has 3 N–H and O–H groups in total. The Morgan fingerprint density at radius 2 is 1.76 bits per heavy atom. The van der Waals surface area contributed by atoms with Crippen molar-refractivity contribution in [1.82, 2.24) is 10.2 Å². The fourth-order valence-corrected chi connectivity index (χ4v) is 3.07. The van der Waals surface area contributed by atoms with Crippen molar-refractivity contribution in [3.05, 3.63) is 0 Å². The predicted molar refractivity (Wildman–Crippen MR) is 64.0 cm³/mol. The molecule has 17 heavy (non-hydrogen) atoms. The molecule has 1 aliphatic heterocycles. The van der Waals surface area contributed by atoms with E-state index in [0.717, 1.165) is 45.2 Å². The van der Waals surface area contributed by atoms with Crippen LogP contribution in [-0.4, -0.2) is 52.5 Å². The van der Waals surface area contributed by atoms with E-state index in [9.17, 15) is 9.90 Å². The second-order valence-corrected chi connectivity index (χ2v) is 5.18. The molecular weight excluding hydrogens is 220 g/mol. The number of hydrogen-bond acceptors (Lipinski definition) is 3. The van der Waals surface area contributed by atoms with Crippen molar-refractivity contribution in [2.45, 2.75) is 56.7 Å².